The molecule has 0 aliphatic heterocycles. The second kappa shape index (κ2) is 10.1. The molecule has 0 unspecified atom stereocenters. The Balaban J connectivity index is 1.12. The van der Waals surface area contributed by atoms with Crippen LogP contribution in [0.4, 0.5) is 0 Å². The highest BCUT2D eigenvalue weighted by atomic mass is 35.5. The minimum absolute atomic E-state index is 0.318. The van der Waals surface area contributed by atoms with Gasteiger partial charge in [-0.3, -0.25) is 4.98 Å². The van der Waals surface area contributed by atoms with Crippen molar-refractivity contribution in [3.8, 4) is 11.5 Å². The minimum Gasteiger partial charge on any atom is -0.457 e. The summed E-state index contributed by atoms with van der Waals surface area (Å²) < 4.78 is 5.88. The van der Waals surface area contributed by atoms with Crippen LogP contribution in [0.1, 0.15) is 36.8 Å². The van der Waals surface area contributed by atoms with E-state index >= 15 is 0 Å². The van der Waals surface area contributed by atoms with E-state index in [4.69, 9.17) is 22.1 Å². The van der Waals surface area contributed by atoms with Crippen LogP contribution in [-0.2, 0) is 12.0 Å². The third-order valence-corrected chi connectivity index (χ3v) is 7.10. The number of nitrogens with one attached hydrogen (secondary N) is 1. The lowest BCUT2D eigenvalue weighted by Crippen LogP contribution is -2.45. The first-order chi connectivity index (χ1) is 16.6. The zero-order valence-electron chi connectivity index (χ0n) is 19.2. The lowest BCUT2D eigenvalue weighted by molar-refractivity contribution is 0.254. The third-order valence-electron chi connectivity index (χ3n) is 6.87. The van der Waals surface area contributed by atoms with Crippen LogP contribution in [0, 0.1) is 0 Å². The first kappa shape index (κ1) is 22.9. The Labute approximate surface area is 206 Å². The molecule has 174 valence electrons. The van der Waals surface area contributed by atoms with Crippen molar-refractivity contribution < 1.29 is 4.74 Å². The van der Waals surface area contributed by atoms with Crippen molar-refractivity contribution in [1.29, 1.82) is 0 Å². The van der Waals surface area contributed by atoms with E-state index in [0.717, 1.165) is 61.1 Å². The topological polar surface area (TPSA) is 60.2 Å². The number of para-hydroxylation sites is 1. The molecule has 4 nitrogen and oxygen atoms in total. The molecule has 0 spiro atoms. The van der Waals surface area contributed by atoms with Gasteiger partial charge in [0.25, 0.3) is 0 Å². The maximum Gasteiger partial charge on any atom is 0.127 e. The van der Waals surface area contributed by atoms with Crippen LogP contribution in [0.25, 0.3) is 10.9 Å². The number of rotatable bonds is 7. The van der Waals surface area contributed by atoms with Crippen LogP contribution in [0.15, 0.2) is 85.1 Å². The smallest absolute Gasteiger partial charge is 0.127 e. The summed E-state index contributed by atoms with van der Waals surface area (Å²) in [5, 5.41) is 5.56. The fourth-order valence-electron chi connectivity index (χ4n) is 4.93. The Bertz CT molecular complexity index is 1240. The van der Waals surface area contributed by atoms with Gasteiger partial charge in [-0.05, 0) is 92.2 Å². The molecule has 0 atom stereocenters. The minimum atomic E-state index is -0.318. The summed E-state index contributed by atoms with van der Waals surface area (Å²) >= 11 is 6.16. The maximum atomic E-state index is 6.94. The summed E-state index contributed by atoms with van der Waals surface area (Å²) in [6, 6.07) is 26.7. The number of ether oxygens (including phenoxy) is 1. The molecular weight excluding hydrogens is 442 g/mol. The molecular formula is C29H30ClN3O. The monoisotopic (exact) mass is 471 g/mol. The molecule has 3 N–H and O–H groups in total. The van der Waals surface area contributed by atoms with E-state index in [-0.39, 0.29) is 5.54 Å². The Hall–Kier alpha value is -2.92. The molecule has 4 aromatic rings. The van der Waals surface area contributed by atoms with Crippen molar-refractivity contribution in [3.05, 3.63) is 101 Å². The number of hydrogen-bond acceptors (Lipinski definition) is 4. The molecule has 0 radical (unpaired) electrons. The van der Waals surface area contributed by atoms with Gasteiger partial charge in [-0.15, -0.1) is 0 Å². The number of fused-ring (bicyclic) bond motifs is 1. The van der Waals surface area contributed by atoms with Gasteiger partial charge in [-0.2, -0.15) is 0 Å². The standard InChI is InChI=1S/C29H30ClN3O/c30-22-8-11-26-27(15-19-33-28(26)20-22)29(31)16-12-23(13-17-29)32-18-14-21-6-9-25(10-7-21)34-24-4-2-1-3-5-24/h1-11,15,19-20,23,32H,12-14,16-18,31H2. The van der Waals surface area contributed by atoms with E-state index in [9.17, 15) is 0 Å². The average molecular weight is 472 g/mol. The van der Waals surface area contributed by atoms with Crippen molar-refractivity contribution in [2.45, 2.75) is 43.7 Å². The number of halogens is 1. The van der Waals surface area contributed by atoms with E-state index in [1.54, 1.807) is 0 Å². The van der Waals surface area contributed by atoms with Gasteiger partial charge in [0, 0.05) is 28.2 Å². The van der Waals surface area contributed by atoms with Gasteiger partial charge in [0.05, 0.1) is 5.52 Å². The zero-order valence-corrected chi connectivity index (χ0v) is 20.0. The largest absolute Gasteiger partial charge is 0.457 e. The second-order valence-electron chi connectivity index (χ2n) is 9.21. The number of benzene rings is 3. The van der Waals surface area contributed by atoms with Gasteiger partial charge in [0.15, 0.2) is 0 Å². The molecule has 1 heterocycles. The van der Waals surface area contributed by atoms with Crippen LogP contribution >= 0.6 is 11.6 Å². The van der Waals surface area contributed by atoms with E-state index < -0.39 is 0 Å². The molecule has 1 saturated carbocycles. The summed E-state index contributed by atoms with van der Waals surface area (Å²) in [7, 11) is 0. The molecule has 0 saturated heterocycles. The molecule has 1 aliphatic rings. The zero-order chi connectivity index (χ0) is 23.4. The Morgan fingerprint density at radius 2 is 1.68 bits per heavy atom. The molecule has 1 aliphatic carbocycles. The van der Waals surface area contributed by atoms with Crippen LogP contribution < -0.4 is 15.8 Å². The number of nitrogens with two attached hydrogens (primary N) is 1. The van der Waals surface area contributed by atoms with Gasteiger partial charge in [0.1, 0.15) is 11.5 Å². The first-order valence-electron chi connectivity index (χ1n) is 12.0. The van der Waals surface area contributed by atoms with E-state index in [1.807, 2.05) is 60.8 Å². The third kappa shape index (κ3) is 5.25. The first-order valence-corrected chi connectivity index (χ1v) is 12.4. The fraction of sp³-hybridized carbons (Fsp3) is 0.276. The SMILES string of the molecule is NC1(c2ccnc3cc(Cl)ccc23)CCC(NCCc2ccc(Oc3ccccc3)cc2)CC1. The highest BCUT2D eigenvalue weighted by Gasteiger charge is 2.34. The van der Waals surface area contributed by atoms with Crippen molar-refractivity contribution in [3.63, 3.8) is 0 Å². The highest BCUT2D eigenvalue weighted by Crippen LogP contribution is 2.38. The summed E-state index contributed by atoms with van der Waals surface area (Å²) in [5.41, 5.74) is 10.0. The maximum absolute atomic E-state index is 6.94. The van der Waals surface area contributed by atoms with Gasteiger partial charge in [-0.25, -0.2) is 0 Å². The normalized spacial score (nSPS) is 20.4. The Morgan fingerprint density at radius 3 is 2.44 bits per heavy atom. The molecule has 3 aromatic carbocycles. The van der Waals surface area contributed by atoms with Crippen LogP contribution in [-0.4, -0.2) is 17.6 Å². The number of hydrogen-bond donors (Lipinski definition) is 2. The summed E-state index contributed by atoms with van der Waals surface area (Å²) in [6.45, 7) is 0.956. The Morgan fingerprint density at radius 1 is 0.941 bits per heavy atom. The lowest BCUT2D eigenvalue weighted by Gasteiger charge is -2.38. The number of nitrogens with zero attached hydrogens (tertiary/aromatic N) is 1. The van der Waals surface area contributed by atoms with E-state index in [2.05, 4.69) is 34.6 Å². The van der Waals surface area contributed by atoms with Crippen LogP contribution in [0.2, 0.25) is 5.02 Å². The molecule has 0 bridgehead atoms. The van der Waals surface area contributed by atoms with Crippen LogP contribution in [0.3, 0.4) is 0 Å². The number of aromatic nitrogens is 1. The van der Waals surface area contributed by atoms with Crippen molar-refractivity contribution in [1.82, 2.24) is 10.3 Å². The molecule has 5 rings (SSSR count). The van der Waals surface area contributed by atoms with Gasteiger partial charge in [-0.1, -0.05) is 48.0 Å². The van der Waals surface area contributed by atoms with E-state index in [1.165, 1.54) is 11.1 Å². The molecule has 34 heavy (non-hydrogen) atoms. The van der Waals surface area contributed by atoms with Crippen molar-refractivity contribution in [2.75, 3.05) is 6.54 Å². The predicted octanol–water partition coefficient (Wildman–Crippen LogP) is 6.61. The quantitative estimate of drug-likeness (QED) is 0.318. The van der Waals surface area contributed by atoms with Crippen molar-refractivity contribution in [2.24, 2.45) is 5.73 Å². The lowest BCUT2D eigenvalue weighted by atomic mass is 9.74. The molecule has 1 fully saturated rings. The number of pyridine rings is 1. The fourth-order valence-corrected chi connectivity index (χ4v) is 5.10. The van der Waals surface area contributed by atoms with Gasteiger partial charge in [0.2, 0.25) is 0 Å². The van der Waals surface area contributed by atoms with Crippen molar-refractivity contribution >= 4 is 22.5 Å². The molecule has 1 aromatic heterocycles. The highest BCUT2D eigenvalue weighted by molar-refractivity contribution is 6.31. The van der Waals surface area contributed by atoms with Crippen LogP contribution in [0.5, 0.6) is 11.5 Å². The van der Waals surface area contributed by atoms with E-state index in [0.29, 0.717) is 11.1 Å². The summed E-state index contributed by atoms with van der Waals surface area (Å²) in [5.74, 6) is 1.72. The summed E-state index contributed by atoms with van der Waals surface area (Å²) in [4.78, 5) is 4.48. The van der Waals surface area contributed by atoms with Gasteiger partial charge < -0.3 is 15.8 Å². The average Bonchev–Trinajstić information content (AvgIpc) is 2.86. The molecule has 5 heteroatoms. The van der Waals surface area contributed by atoms with Gasteiger partial charge >= 0.3 is 0 Å². The summed E-state index contributed by atoms with van der Waals surface area (Å²) in [6.07, 6.45) is 6.89. The Kier molecular flexibility index (Phi) is 6.82. The second-order valence-corrected chi connectivity index (χ2v) is 9.65. The molecule has 0 amide bonds. The predicted molar refractivity (Wildman–Crippen MR) is 140 cm³/mol.